The van der Waals surface area contributed by atoms with Crippen LogP contribution in [0.2, 0.25) is 0 Å². The van der Waals surface area contributed by atoms with E-state index in [1.807, 2.05) is 36.4 Å². The van der Waals surface area contributed by atoms with E-state index in [1.54, 1.807) is 24.3 Å². The summed E-state index contributed by atoms with van der Waals surface area (Å²) in [4.78, 5) is 27.4. The molecular formula is C24H19NO5. The Bertz CT molecular complexity index is 1150. The number of hydrogen-bond acceptors (Lipinski definition) is 5. The van der Waals surface area contributed by atoms with Crippen molar-refractivity contribution < 1.29 is 23.8 Å². The number of benzene rings is 2. The van der Waals surface area contributed by atoms with E-state index in [0.717, 1.165) is 23.3 Å². The van der Waals surface area contributed by atoms with E-state index in [4.69, 9.17) is 9.15 Å². The van der Waals surface area contributed by atoms with Crippen LogP contribution in [0.25, 0.3) is 5.76 Å². The van der Waals surface area contributed by atoms with Crippen LogP contribution in [0.3, 0.4) is 0 Å². The predicted octanol–water partition coefficient (Wildman–Crippen LogP) is 3.84. The van der Waals surface area contributed by atoms with Gasteiger partial charge in [-0.05, 0) is 41.5 Å². The Morgan fingerprint density at radius 3 is 2.67 bits per heavy atom. The van der Waals surface area contributed by atoms with Gasteiger partial charge in [0.1, 0.15) is 17.3 Å². The van der Waals surface area contributed by atoms with Gasteiger partial charge in [-0.1, -0.05) is 30.3 Å². The summed E-state index contributed by atoms with van der Waals surface area (Å²) in [5, 5.41) is 11.1. The van der Waals surface area contributed by atoms with Crippen molar-refractivity contribution >= 4 is 17.4 Å². The summed E-state index contributed by atoms with van der Waals surface area (Å²) in [5.41, 5.74) is 2.29. The largest absolute Gasteiger partial charge is 0.507 e. The quantitative estimate of drug-likeness (QED) is 0.408. The van der Waals surface area contributed by atoms with E-state index in [-0.39, 0.29) is 17.9 Å². The Labute approximate surface area is 173 Å². The van der Waals surface area contributed by atoms with Gasteiger partial charge >= 0.3 is 0 Å². The number of ether oxygens (including phenoxy) is 1. The number of Topliss-reactive ketones (excluding diaryl/α,β-unsaturated/α-hetero) is 1. The minimum absolute atomic E-state index is 0.0802. The number of nitrogens with zero attached hydrogens (tertiary/aromatic N) is 1. The van der Waals surface area contributed by atoms with Crippen molar-refractivity contribution in [1.29, 1.82) is 0 Å². The summed E-state index contributed by atoms with van der Waals surface area (Å²) in [6.07, 6.45) is 2.27. The fourth-order valence-electron chi connectivity index (χ4n) is 4.08. The molecule has 150 valence electrons. The van der Waals surface area contributed by atoms with Gasteiger partial charge in [0.25, 0.3) is 11.7 Å². The number of carbonyl (C=O) groups is 2. The summed E-state index contributed by atoms with van der Waals surface area (Å²) < 4.78 is 10.9. The van der Waals surface area contributed by atoms with E-state index in [9.17, 15) is 14.7 Å². The highest BCUT2D eigenvalue weighted by Crippen LogP contribution is 2.41. The van der Waals surface area contributed by atoms with Gasteiger partial charge in [0.15, 0.2) is 0 Å². The van der Waals surface area contributed by atoms with Crippen LogP contribution in [0.15, 0.2) is 76.9 Å². The second kappa shape index (κ2) is 7.22. The fourth-order valence-corrected chi connectivity index (χ4v) is 4.08. The average Bonchev–Trinajstić information content (AvgIpc) is 3.50. The van der Waals surface area contributed by atoms with Crippen molar-refractivity contribution in [2.75, 3.05) is 6.61 Å². The van der Waals surface area contributed by atoms with Gasteiger partial charge in [-0.15, -0.1) is 0 Å². The topological polar surface area (TPSA) is 80.0 Å². The maximum absolute atomic E-state index is 13.0. The van der Waals surface area contributed by atoms with Gasteiger partial charge in [-0.25, -0.2) is 0 Å². The van der Waals surface area contributed by atoms with Crippen LogP contribution in [0.4, 0.5) is 0 Å². The van der Waals surface area contributed by atoms with Crippen LogP contribution in [0.5, 0.6) is 5.75 Å². The number of furan rings is 1. The molecular weight excluding hydrogens is 382 g/mol. The highest BCUT2D eigenvalue weighted by molar-refractivity contribution is 6.46. The van der Waals surface area contributed by atoms with Crippen molar-refractivity contribution in [1.82, 2.24) is 4.90 Å². The lowest BCUT2D eigenvalue weighted by Crippen LogP contribution is -2.29. The molecule has 2 aliphatic rings. The molecule has 0 saturated carbocycles. The standard InChI is InChI=1S/C24H19NO5/c26-22(17-8-9-19-16(13-17)10-12-30-19)20-21(15-5-2-1-3-6-15)25(24(28)23(20)27)14-18-7-4-11-29-18/h1-9,11,13,21,26H,10,12,14H2/b22-20-. The van der Waals surface area contributed by atoms with E-state index >= 15 is 0 Å². The molecule has 6 heteroatoms. The molecule has 30 heavy (non-hydrogen) atoms. The van der Waals surface area contributed by atoms with Gasteiger partial charge in [-0.3, -0.25) is 9.59 Å². The Morgan fingerprint density at radius 1 is 1.07 bits per heavy atom. The normalized spacial score (nSPS) is 19.7. The zero-order valence-corrected chi connectivity index (χ0v) is 16.1. The lowest BCUT2D eigenvalue weighted by Gasteiger charge is -2.24. The predicted molar refractivity (Wildman–Crippen MR) is 109 cm³/mol. The fraction of sp³-hybridized carbons (Fsp3) is 0.167. The Hall–Kier alpha value is -3.80. The molecule has 1 amide bonds. The number of rotatable bonds is 4. The molecule has 1 fully saturated rings. The van der Waals surface area contributed by atoms with Crippen LogP contribution in [-0.2, 0) is 22.6 Å². The monoisotopic (exact) mass is 401 g/mol. The first-order valence-electron chi connectivity index (χ1n) is 9.75. The molecule has 0 bridgehead atoms. The van der Waals surface area contributed by atoms with Crippen molar-refractivity contribution in [3.63, 3.8) is 0 Å². The van der Waals surface area contributed by atoms with E-state index < -0.39 is 17.7 Å². The molecule has 1 N–H and O–H groups in total. The molecule has 3 heterocycles. The number of ketones is 1. The van der Waals surface area contributed by atoms with Crippen LogP contribution < -0.4 is 4.74 Å². The first-order valence-corrected chi connectivity index (χ1v) is 9.75. The number of likely N-dealkylation sites (tertiary alicyclic amines) is 1. The third kappa shape index (κ3) is 2.97. The molecule has 2 aromatic carbocycles. The summed E-state index contributed by atoms with van der Waals surface area (Å²) in [5.74, 6) is -0.202. The van der Waals surface area contributed by atoms with E-state index in [2.05, 4.69) is 0 Å². The van der Waals surface area contributed by atoms with Crippen LogP contribution in [0, 0.1) is 0 Å². The molecule has 0 spiro atoms. The van der Waals surface area contributed by atoms with Gasteiger partial charge < -0.3 is 19.2 Å². The van der Waals surface area contributed by atoms with Crippen LogP contribution in [-0.4, -0.2) is 28.3 Å². The maximum Gasteiger partial charge on any atom is 0.296 e. The SMILES string of the molecule is O=C1C(=O)N(Cc2ccco2)C(c2ccccc2)/C1=C(/O)c1ccc2c(c1)CCO2. The van der Waals surface area contributed by atoms with E-state index in [1.165, 1.54) is 11.2 Å². The molecule has 2 aliphatic heterocycles. The lowest BCUT2D eigenvalue weighted by molar-refractivity contribution is -0.140. The zero-order valence-electron chi connectivity index (χ0n) is 16.1. The molecule has 3 aromatic rings. The van der Waals surface area contributed by atoms with Crippen LogP contribution >= 0.6 is 0 Å². The summed E-state index contributed by atoms with van der Waals surface area (Å²) in [7, 11) is 0. The molecule has 0 radical (unpaired) electrons. The number of aliphatic hydroxyl groups excluding tert-OH is 1. The smallest absolute Gasteiger partial charge is 0.296 e. The van der Waals surface area contributed by atoms with Crippen molar-refractivity contribution in [3.05, 3.63) is 95.0 Å². The van der Waals surface area contributed by atoms with Gasteiger partial charge in [0.05, 0.1) is 31.0 Å². The maximum atomic E-state index is 13.0. The summed E-state index contributed by atoms with van der Waals surface area (Å²) in [6, 6.07) is 17.3. The molecule has 1 atom stereocenters. The molecule has 6 nitrogen and oxygen atoms in total. The van der Waals surface area contributed by atoms with Crippen molar-refractivity contribution in [2.24, 2.45) is 0 Å². The highest BCUT2D eigenvalue weighted by Gasteiger charge is 2.46. The first-order chi connectivity index (χ1) is 14.6. The molecule has 1 saturated heterocycles. The third-order valence-electron chi connectivity index (χ3n) is 5.52. The number of aliphatic hydroxyl groups is 1. The average molecular weight is 401 g/mol. The number of fused-ring (bicyclic) bond motifs is 1. The second-order valence-electron chi connectivity index (χ2n) is 7.34. The first kappa shape index (κ1) is 18.2. The Morgan fingerprint density at radius 2 is 1.90 bits per heavy atom. The molecule has 0 aliphatic carbocycles. The molecule has 1 aromatic heterocycles. The summed E-state index contributed by atoms with van der Waals surface area (Å²) in [6.45, 7) is 0.725. The number of carbonyl (C=O) groups excluding carboxylic acids is 2. The number of amides is 1. The van der Waals surface area contributed by atoms with E-state index in [0.29, 0.717) is 17.9 Å². The number of hydrogen-bond donors (Lipinski definition) is 1. The molecule has 1 unspecified atom stereocenters. The Kier molecular flexibility index (Phi) is 4.39. The Balaban J connectivity index is 1.64. The summed E-state index contributed by atoms with van der Waals surface area (Å²) >= 11 is 0. The zero-order chi connectivity index (χ0) is 20.7. The van der Waals surface area contributed by atoms with Crippen LogP contribution in [0.1, 0.15) is 28.5 Å². The molecule has 5 rings (SSSR count). The highest BCUT2D eigenvalue weighted by atomic mass is 16.5. The van der Waals surface area contributed by atoms with Crippen molar-refractivity contribution in [2.45, 2.75) is 19.0 Å². The minimum Gasteiger partial charge on any atom is -0.507 e. The van der Waals surface area contributed by atoms with Crippen molar-refractivity contribution in [3.8, 4) is 5.75 Å². The minimum atomic E-state index is -0.708. The van der Waals surface area contributed by atoms with Gasteiger partial charge in [-0.2, -0.15) is 0 Å². The second-order valence-corrected chi connectivity index (χ2v) is 7.34. The van der Waals surface area contributed by atoms with Gasteiger partial charge in [0.2, 0.25) is 0 Å². The van der Waals surface area contributed by atoms with Gasteiger partial charge in [0, 0.05) is 12.0 Å². The third-order valence-corrected chi connectivity index (χ3v) is 5.52. The lowest BCUT2D eigenvalue weighted by atomic mass is 9.94.